The van der Waals surface area contributed by atoms with E-state index in [4.69, 9.17) is 0 Å². The van der Waals surface area contributed by atoms with E-state index in [0.717, 1.165) is 16.7 Å². The molecule has 122 valence electrons. The lowest BCUT2D eigenvalue weighted by molar-refractivity contribution is 0.102. The van der Waals surface area contributed by atoms with E-state index in [2.05, 4.69) is 33.5 Å². The second-order valence-electron chi connectivity index (χ2n) is 5.83. The third-order valence-electron chi connectivity index (χ3n) is 3.98. The van der Waals surface area contributed by atoms with Gasteiger partial charge in [-0.25, -0.2) is 4.98 Å². The molecule has 0 radical (unpaired) electrons. The van der Waals surface area contributed by atoms with E-state index in [1.54, 1.807) is 30.7 Å². The topological polar surface area (TPSA) is 59.8 Å². The van der Waals surface area contributed by atoms with Crippen molar-refractivity contribution < 1.29 is 4.79 Å². The maximum atomic E-state index is 12.3. The summed E-state index contributed by atoms with van der Waals surface area (Å²) in [5.74, 6) is -0.233. The molecule has 2 aromatic heterocycles. The summed E-state index contributed by atoms with van der Waals surface area (Å²) in [6.45, 7) is 2.05. The Bertz CT molecular complexity index is 1050. The smallest absolute Gasteiger partial charge is 0.274 e. The summed E-state index contributed by atoms with van der Waals surface area (Å²) in [5, 5.41) is 2.88. The number of hydrogen-bond acceptors (Lipinski definition) is 3. The van der Waals surface area contributed by atoms with Crippen molar-refractivity contribution in [3.05, 3.63) is 84.4 Å². The number of fused-ring (bicyclic) bond motifs is 1. The Morgan fingerprint density at radius 3 is 2.76 bits per heavy atom. The molecular weight excluding hydrogens is 312 g/mol. The molecule has 1 amide bonds. The van der Waals surface area contributed by atoms with Crippen LogP contribution in [-0.2, 0) is 0 Å². The molecule has 5 heteroatoms. The number of aryl methyl sites for hydroxylation is 1. The monoisotopic (exact) mass is 328 g/mol. The predicted octanol–water partition coefficient (Wildman–Crippen LogP) is 3.98. The number of imidazole rings is 1. The highest BCUT2D eigenvalue weighted by Crippen LogP contribution is 2.21. The number of benzene rings is 2. The molecule has 0 saturated heterocycles. The zero-order chi connectivity index (χ0) is 17.2. The fraction of sp³-hybridized carbons (Fsp3) is 0.0500. The number of aromatic nitrogens is 3. The van der Waals surface area contributed by atoms with Gasteiger partial charge in [0.05, 0.1) is 11.0 Å². The van der Waals surface area contributed by atoms with Gasteiger partial charge in [-0.3, -0.25) is 14.3 Å². The van der Waals surface area contributed by atoms with Crippen LogP contribution in [0, 0.1) is 6.92 Å². The number of carbonyl (C=O) groups is 1. The Labute approximate surface area is 145 Å². The van der Waals surface area contributed by atoms with Crippen molar-refractivity contribution in [3.8, 4) is 5.69 Å². The molecule has 4 aromatic rings. The number of pyridine rings is 1. The third kappa shape index (κ3) is 2.99. The highest BCUT2D eigenvalue weighted by atomic mass is 16.1. The number of amides is 1. The van der Waals surface area contributed by atoms with Gasteiger partial charge in [-0.1, -0.05) is 18.2 Å². The van der Waals surface area contributed by atoms with Crippen LogP contribution in [0.3, 0.4) is 0 Å². The van der Waals surface area contributed by atoms with E-state index in [1.807, 2.05) is 35.8 Å². The molecule has 0 unspecified atom stereocenters. The molecule has 0 aliphatic carbocycles. The van der Waals surface area contributed by atoms with Gasteiger partial charge in [0.2, 0.25) is 0 Å². The first-order valence-electron chi connectivity index (χ1n) is 7.97. The zero-order valence-corrected chi connectivity index (χ0v) is 13.7. The summed E-state index contributed by atoms with van der Waals surface area (Å²) in [6.07, 6.45) is 3.40. The number of nitrogens with zero attached hydrogens (tertiary/aromatic N) is 3. The van der Waals surface area contributed by atoms with Crippen LogP contribution in [0.15, 0.2) is 73.2 Å². The minimum atomic E-state index is -0.233. The van der Waals surface area contributed by atoms with Crippen molar-refractivity contribution in [2.45, 2.75) is 6.92 Å². The van der Waals surface area contributed by atoms with Gasteiger partial charge in [-0.2, -0.15) is 0 Å². The van der Waals surface area contributed by atoms with Crippen LogP contribution in [0.4, 0.5) is 5.69 Å². The minimum absolute atomic E-state index is 0.233. The summed E-state index contributed by atoms with van der Waals surface area (Å²) < 4.78 is 2.01. The summed E-state index contributed by atoms with van der Waals surface area (Å²) in [7, 11) is 0. The highest BCUT2D eigenvalue weighted by molar-refractivity contribution is 6.02. The van der Waals surface area contributed by atoms with Gasteiger partial charge < -0.3 is 5.32 Å². The third-order valence-corrected chi connectivity index (χ3v) is 3.98. The second kappa shape index (κ2) is 6.20. The molecule has 0 spiro atoms. The first-order valence-corrected chi connectivity index (χ1v) is 7.97. The number of rotatable bonds is 3. The molecule has 5 nitrogen and oxygen atoms in total. The van der Waals surface area contributed by atoms with Gasteiger partial charge in [0.15, 0.2) is 0 Å². The van der Waals surface area contributed by atoms with Gasteiger partial charge in [0.1, 0.15) is 12.0 Å². The summed E-state index contributed by atoms with van der Waals surface area (Å²) in [5.41, 5.74) is 5.18. The fourth-order valence-corrected chi connectivity index (χ4v) is 2.75. The van der Waals surface area contributed by atoms with Crippen LogP contribution in [0.2, 0.25) is 0 Å². The molecule has 0 aliphatic rings. The number of carbonyl (C=O) groups excluding carboxylic acids is 1. The molecule has 0 bridgehead atoms. The van der Waals surface area contributed by atoms with Crippen molar-refractivity contribution in [2.75, 3.05) is 5.32 Å². The van der Waals surface area contributed by atoms with E-state index in [1.165, 1.54) is 5.56 Å². The van der Waals surface area contributed by atoms with E-state index in [-0.39, 0.29) is 5.91 Å². The first kappa shape index (κ1) is 15.1. The maximum Gasteiger partial charge on any atom is 0.274 e. The Balaban J connectivity index is 1.66. The molecule has 0 fully saturated rings. The Kier molecular flexibility index (Phi) is 3.74. The molecule has 0 atom stereocenters. The molecule has 4 rings (SSSR count). The predicted molar refractivity (Wildman–Crippen MR) is 98.0 cm³/mol. The molecule has 0 aliphatic heterocycles. The van der Waals surface area contributed by atoms with Crippen LogP contribution < -0.4 is 5.32 Å². The molecular formula is C20H16N4O. The zero-order valence-electron chi connectivity index (χ0n) is 13.7. The van der Waals surface area contributed by atoms with Crippen LogP contribution in [0.1, 0.15) is 16.1 Å². The summed E-state index contributed by atoms with van der Waals surface area (Å²) >= 11 is 0. The fourth-order valence-electron chi connectivity index (χ4n) is 2.75. The van der Waals surface area contributed by atoms with Crippen molar-refractivity contribution in [1.29, 1.82) is 0 Å². The molecule has 2 heterocycles. The SMILES string of the molecule is Cc1ccc2c(c1)ncn2-c1cccc(NC(=O)c2ccccn2)c1. The number of anilines is 1. The highest BCUT2D eigenvalue weighted by Gasteiger charge is 2.09. The maximum absolute atomic E-state index is 12.3. The van der Waals surface area contributed by atoms with Gasteiger partial charge in [0.25, 0.3) is 5.91 Å². The lowest BCUT2D eigenvalue weighted by atomic mass is 10.2. The lowest BCUT2D eigenvalue weighted by Crippen LogP contribution is -2.13. The van der Waals surface area contributed by atoms with Crippen molar-refractivity contribution in [1.82, 2.24) is 14.5 Å². The lowest BCUT2D eigenvalue weighted by Gasteiger charge is -2.09. The summed E-state index contributed by atoms with van der Waals surface area (Å²) in [4.78, 5) is 20.8. The van der Waals surface area contributed by atoms with Crippen molar-refractivity contribution in [3.63, 3.8) is 0 Å². The van der Waals surface area contributed by atoms with E-state index >= 15 is 0 Å². The van der Waals surface area contributed by atoms with Gasteiger partial charge in [0, 0.05) is 17.6 Å². The van der Waals surface area contributed by atoms with E-state index in [9.17, 15) is 4.79 Å². The molecule has 2 aromatic carbocycles. The average Bonchev–Trinajstić information content (AvgIpc) is 3.05. The standard InChI is InChI=1S/C20H16N4O/c1-14-8-9-19-18(11-14)22-13-24(19)16-6-4-5-15(12-16)23-20(25)17-7-2-3-10-21-17/h2-13H,1H3,(H,23,25). The van der Waals surface area contributed by atoms with E-state index < -0.39 is 0 Å². The van der Waals surface area contributed by atoms with Crippen molar-refractivity contribution >= 4 is 22.6 Å². The summed E-state index contributed by atoms with van der Waals surface area (Å²) in [6, 6.07) is 19.1. The Morgan fingerprint density at radius 2 is 1.92 bits per heavy atom. The largest absolute Gasteiger partial charge is 0.321 e. The van der Waals surface area contributed by atoms with Crippen LogP contribution in [0.25, 0.3) is 16.7 Å². The Hall–Kier alpha value is -3.47. The van der Waals surface area contributed by atoms with Crippen LogP contribution in [0.5, 0.6) is 0 Å². The Morgan fingerprint density at radius 1 is 1.00 bits per heavy atom. The quantitative estimate of drug-likeness (QED) is 0.619. The van der Waals surface area contributed by atoms with Gasteiger partial charge in [-0.05, 0) is 55.0 Å². The minimum Gasteiger partial charge on any atom is -0.321 e. The normalized spacial score (nSPS) is 10.8. The first-order chi connectivity index (χ1) is 12.2. The molecule has 25 heavy (non-hydrogen) atoms. The molecule has 1 N–H and O–H groups in total. The number of nitrogens with one attached hydrogen (secondary N) is 1. The molecule has 0 saturated carbocycles. The number of hydrogen-bond donors (Lipinski definition) is 1. The second-order valence-corrected chi connectivity index (χ2v) is 5.83. The van der Waals surface area contributed by atoms with Crippen LogP contribution >= 0.6 is 0 Å². The van der Waals surface area contributed by atoms with Crippen LogP contribution in [-0.4, -0.2) is 20.4 Å². The average molecular weight is 328 g/mol. The van der Waals surface area contributed by atoms with Gasteiger partial charge >= 0.3 is 0 Å². The van der Waals surface area contributed by atoms with E-state index in [0.29, 0.717) is 11.4 Å². The van der Waals surface area contributed by atoms with Crippen molar-refractivity contribution in [2.24, 2.45) is 0 Å². The van der Waals surface area contributed by atoms with Gasteiger partial charge in [-0.15, -0.1) is 0 Å².